The van der Waals surface area contributed by atoms with Crippen molar-refractivity contribution in [1.82, 2.24) is 15.3 Å². The summed E-state index contributed by atoms with van der Waals surface area (Å²) in [6.07, 6.45) is 0. The fourth-order valence-corrected chi connectivity index (χ4v) is 1.67. The highest BCUT2D eigenvalue weighted by molar-refractivity contribution is 5.79. The number of nitrogens with zero attached hydrogens (tertiary/aromatic N) is 3. The van der Waals surface area contributed by atoms with E-state index < -0.39 is 0 Å². The van der Waals surface area contributed by atoms with Crippen molar-refractivity contribution >= 4 is 5.96 Å². The van der Waals surface area contributed by atoms with Gasteiger partial charge in [0.1, 0.15) is 0 Å². The molecule has 0 saturated heterocycles. The molecule has 0 bridgehead atoms. The summed E-state index contributed by atoms with van der Waals surface area (Å²) in [4.78, 5) is 11.0. The van der Waals surface area contributed by atoms with Crippen molar-refractivity contribution in [3.63, 3.8) is 0 Å². The van der Waals surface area contributed by atoms with Crippen LogP contribution in [0.3, 0.4) is 0 Å². The molecule has 0 atom stereocenters. The number of nitrogens with two attached hydrogens (primary N) is 1. The van der Waals surface area contributed by atoms with Gasteiger partial charge in [-0.1, -0.05) is 6.07 Å². The summed E-state index contributed by atoms with van der Waals surface area (Å²) >= 11 is 0. The molecule has 0 aromatic carbocycles. The Kier molecular flexibility index (Phi) is 5.58. The Morgan fingerprint density at radius 2 is 2.22 bits per heavy atom. The number of pyridine rings is 1. The number of hydrazine groups is 1. The van der Waals surface area contributed by atoms with Gasteiger partial charge in [0.2, 0.25) is 5.96 Å². The molecule has 0 fully saturated rings. The second-order valence-corrected chi connectivity index (χ2v) is 4.48. The van der Waals surface area contributed by atoms with E-state index in [-0.39, 0.29) is 6.04 Å². The maximum Gasteiger partial charge on any atom is 0.208 e. The van der Waals surface area contributed by atoms with E-state index in [0.29, 0.717) is 12.5 Å². The van der Waals surface area contributed by atoms with E-state index in [1.807, 2.05) is 39.0 Å². The number of nitrogens with one attached hydrogen (secondary N) is 1. The SMILES string of the molecule is CCN(Cc1cccc(C)n1)C(=NC(C)C)NN. The molecule has 1 aromatic rings. The van der Waals surface area contributed by atoms with Crippen LogP contribution in [0, 0.1) is 6.92 Å². The fraction of sp³-hybridized carbons (Fsp3) is 0.538. The molecule has 0 amide bonds. The lowest BCUT2D eigenvalue weighted by atomic mass is 10.3. The largest absolute Gasteiger partial charge is 0.336 e. The van der Waals surface area contributed by atoms with Gasteiger partial charge in [-0.15, -0.1) is 0 Å². The summed E-state index contributed by atoms with van der Waals surface area (Å²) in [7, 11) is 0. The summed E-state index contributed by atoms with van der Waals surface area (Å²) in [5.41, 5.74) is 4.70. The van der Waals surface area contributed by atoms with Gasteiger partial charge in [0.05, 0.1) is 12.2 Å². The molecule has 1 rings (SSSR count). The monoisotopic (exact) mass is 249 g/mol. The molecule has 3 N–H and O–H groups in total. The van der Waals surface area contributed by atoms with Crippen molar-refractivity contribution in [2.45, 2.75) is 40.3 Å². The molecule has 100 valence electrons. The molecule has 5 nitrogen and oxygen atoms in total. The minimum absolute atomic E-state index is 0.204. The lowest BCUT2D eigenvalue weighted by Crippen LogP contribution is -2.45. The van der Waals surface area contributed by atoms with Gasteiger partial charge in [0.25, 0.3) is 0 Å². The zero-order valence-corrected chi connectivity index (χ0v) is 11.6. The Morgan fingerprint density at radius 3 is 2.72 bits per heavy atom. The predicted molar refractivity (Wildman–Crippen MR) is 75.0 cm³/mol. The molecule has 0 radical (unpaired) electrons. The van der Waals surface area contributed by atoms with E-state index in [0.717, 1.165) is 17.9 Å². The third kappa shape index (κ3) is 4.33. The van der Waals surface area contributed by atoms with E-state index in [1.165, 1.54) is 0 Å². The number of guanidine groups is 1. The number of aryl methyl sites for hydroxylation is 1. The predicted octanol–water partition coefficient (Wildman–Crippen LogP) is 1.44. The molecule has 0 aliphatic heterocycles. The molecular formula is C13H23N5. The van der Waals surface area contributed by atoms with Crippen LogP contribution >= 0.6 is 0 Å². The molecule has 18 heavy (non-hydrogen) atoms. The van der Waals surface area contributed by atoms with E-state index in [4.69, 9.17) is 5.84 Å². The quantitative estimate of drug-likeness (QED) is 0.367. The maximum absolute atomic E-state index is 5.54. The Bertz CT molecular complexity index is 400. The third-order valence-electron chi connectivity index (χ3n) is 2.49. The fourth-order valence-electron chi connectivity index (χ4n) is 1.67. The Morgan fingerprint density at radius 1 is 1.50 bits per heavy atom. The van der Waals surface area contributed by atoms with Gasteiger partial charge in [-0.05, 0) is 39.8 Å². The van der Waals surface area contributed by atoms with Crippen LogP contribution in [0.15, 0.2) is 23.2 Å². The summed E-state index contributed by atoms with van der Waals surface area (Å²) in [6, 6.07) is 6.22. The van der Waals surface area contributed by atoms with Gasteiger partial charge in [0.15, 0.2) is 0 Å². The molecule has 0 aliphatic rings. The topological polar surface area (TPSA) is 66.5 Å². The minimum atomic E-state index is 0.204. The molecule has 1 heterocycles. The van der Waals surface area contributed by atoms with Crippen LogP contribution in [0.25, 0.3) is 0 Å². The molecule has 1 aromatic heterocycles. The van der Waals surface area contributed by atoms with Crippen molar-refractivity contribution < 1.29 is 0 Å². The van der Waals surface area contributed by atoms with Gasteiger partial charge in [-0.2, -0.15) is 0 Å². The number of hydrogen-bond donors (Lipinski definition) is 2. The zero-order valence-electron chi connectivity index (χ0n) is 11.6. The first kappa shape index (κ1) is 14.4. The second-order valence-electron chi connectivity index (χ2n) is 4.48. The van der Waals surface area contributed by atoms with Gasteiger partial charge >= 0.3 is 0 Å². The van der Waals surface area contributed by atoms with Crippen LogP contribution in [-0.4, -0.2) is 28.4 Å². The van der Waals surface area contributed by atoms with Crippen LogP contribution in [0.5, 0.6) is 0 Å². The van der Waals surface area contributed by atoms with Crippen LogP contribution in [-0.2, 0) is 6.54 Å². The Hall–Kier alpha value is -1.62. The van der Waals surface area contributed by atoms with E-state index in [9.17, 15) is 0 Å². The average molecular weight is 249 g/mol. The summed E-state index contributed by atoms with van der Waals surface area (Å²) in [6.45, 7) is 9.64. The normalized spacial score (nSPS) is 11.8. The van der Waals surface area contributed by atoms with Gasteiger partial charge in [-0.3, -0.25) is 10.4 Å². The summed E-state index contributed by atoms with van der Waals surface area (Å²) in [5, 5.41) is 0. The first-order chi connectivity index (χ1) is 8.56. The summed E-state index contributed by atoms with van der Waals surface area (Å²) < 4.78 is 0. The molecule has 0 aliphatic carbocycles. The Labute approximate surface area is 109 Å². The van der Waals surface area contributed by atoms with Crippen LogP contribution in [0.1, 0.15) is 32.2 Å². The lowest BCUT2D eigenvalue weighted by molar-refractivity contribution is 0.409. The molecule has 0 unspecified atom stereocenters. The number of aromatic nitrogens is 1. The zero-order chi connectivity index (χ0) is 13.5. The number of aliphatic imine (C=N–C) groups is 1. The first-order valence-electron chi connectivity index (χ1n) is 6.28. The van der Waals surface area contributed by atoms with E-state index in [1.54, 1.807) is 0 Å². The minimum Gasteiger partial charge on any atom is -0.336 e. The summed E-state index contributed by atoms with van der Waals surface area (Å²) in [5.74, 6) is 6.24. The third-order valence-corrected chi connectivity index (χ3v) is 2.49. The first-order valence-corrected chi connectivity index (χ1v) is 6.28. The maximum atomic E-state index is 5.54. The van der Waals surface area contributed by atoms with Crippen LogP contribution in [0.2, 0.25) is 0 Å². The van der Waals surface area contributed by atoms with Gasteiger partial charge in [-0.25, -0.2) is 10.8 Å². The van der Waals surface area contributed by atoms with Crippen molar-refractivity contribution in [3.05, 3.63) is 29.6 Å². The molecular weight excluding hydrogens is 226 g/mol. The van der Waals surface area contributed by atoms with Gasteiger partial charge < -0.3 is 4.90 Å². The van der Waals surface area contributed by atoms with Crippen molar-refractivity contribution in [3.8, 4) is 0 Å². The van der Waals surface area contributed by atoms with Crippen LogP contribution in [0.4, 0.5) is 0 Å². The average Bonchev–Trinajstić information content (AvgIpc) is 2.33. The number of hydrogen-bond acceptors (Lipinski definition) is 3. The van der Waals surface area contributed by atoms with Crippen molar-refractivity contribution in [2.24, 2.45) is 10.8 Å². The molecule has 0 spiro atoms. The Balaban J connectivity index is 2.83. The highest BCUT2D eigenvalue weighted by Gasteiger charge is 2.10. The highest BCUT2D eigenvalue weighted by atomic mass is 15.4. The second kappa shape index (κ2) is 6.96. The van der Waals surface area contributed by atoms with Crippen molar-refractivity contribution in [2.75, 3.05) is 6.54 Å². The highest BCUT2D eigenvalue weighted by Crippen LogP contribution is 2.04. The molecule has 0 saturated carbocycles. The smallest absolute Gasteiger partial charge is 0.208 e. The van der Waals surface area contributed by atoms with E-state index >= 15 is 0 Å². The lowest BCUT2D eigenvalue weighted by Gasteiger charge is -2.24. The van der Waals surface area contributed by atoms with Gasteiger partial charge in [0, 0.05) is 18.3 Å². The standard InChI is InChI=1S/C13H23N5/c1-5-18(13(17-14)15-10(2)3)9-12-8-6-7-11(4)16-12/h6-8,10H,5,9,14H2,1-4H3,(H,15,17). The van der Waals surface area contributed by atoms with E-state index in [2.05, 4.69) is 27.2 Å². The van der Waals surface area contributed by atoms with Crippen molar-refractivity contribution in [1.29, 1.82) is 0 Å². The molecule has 5 heteroatoms. The number of rotatable bonds is 4. The van der Waals surface area contributed by atoms with Crippen LogP contribution < -0.4 is 11.3 Å².